The van der Waals surface area contributed by atoms with Gasteiger partial charge in [0.1, 0.15) is 0 Å². The van der Waals surface area contributed by atoms with E-state index < -0.39 is 0 Å². The van der Waals surface area contributed by atoms with Gasteiger partial charge in [0, 0.05) is 12.6 Å². The van der Waals surface area contributed by atoms with Crippen LogP contribution in [0.4, 0.5) is 0 Å². The van der Waals surface area contributed by atoms with Gasteiger partial charge in [0.2, 0.25) is 0 Å². The molecule has 16 heavy (non-hydrogen) atoms. The molecule has 3 saturated carbocycles. The average molecular weight is 221 g/mol. The van der Waals surface area contributed by atoms with Crippen LogP contribution in [-0.4, -0.2) is 18.5 Å². The van der Waals surface area contributed by atoms with Gasteiger partial charge in [0.05, 0.1) is 0 Å². The zero-order valence-corrected chi connectivity index (χ0v) is 9.99. The quantitative estimate of drug-likeness (QED) is 0.562. The maximum Gasteiger partial charge on any atom is 0.188 e. The summed E-state index contributed by atoms with van der Waals surface area (Å²) in [5.74, 6) is 3.71. The van der Waals surface area contributed by atoms with Gasteiger partial charge in [0.15, 0.2) is 5.96 Å². The van der Waals surface area contributed by atoms with Crippen LogP contribution in [0, 0.1) is 17.8 Å². The van der Waals surface area contributed by atoms with Gasteiger partial charge < -0.3 is 11.1 Å². The van der Waals surface area contributed by atoms with E-state index in [-0.39, 0.29) is 0 Å². The number of fused-ring (bicyclic) bond motifs is 2. The van der Waals surface area contributed by atoms with Gasteiger partial charge >= 0.3 is 0 Å². The van der Waals surface area contributed by atoms with Crippen LogP contribution in [0.1, 0.15) is 44.9 Å². The SMILES string of the molecule is NC(=NCCC1CC2CCC1C2)NC1CC1. The van der Waals surface area contributed by atoms with Crippen LogP contribution < -0.4 is 11.1 Å². The molecule has 3 rings (SSSR count). The Hall–Kier alpha value is -0.730. The molecule has 3 atom stereocenters. The van der Waals surface area contributed by atoms with E-state index in [1.165, 1.54) is 44.9 Å². The Morgan fingerprint density at radius 1 is 1.19 bits per heavy atom. The van der Waals surface area contributed by atoms with Crippen molar-refractivity contribution in [3.05, 3.63) is 0 Å². The molecule has 3 N–H and O–H groups in total. The Morgan fingerprint density at radius 2 is 2.06 bits per heavy atom. The van der Waals surface area contributed by atoms with Crippen molar-refractivity contribution in [3.63, 3.8) is 0 Å². The highest BCUT2D eigenvalue weighted by atomic mass is 15.1. The molecule has 3 nitrogen and oxygen atoms in total. The molecule has 2 bridgehead atoms. The van der Waals surface area contributed by atoms with Crippen molar-refractivity contribution in [2.75, 3.05) is 6.54 Å². The molecule has 0 aromatic heterocycles. The van der Waals surface area contributed by atoms with Crippen LogP contribution in [0.3, 0.4) is 0 Å². The molecule has 0 spiro atoms. The van der Waals surface area contributed by atoms with Crippen molar-refractivity contribution < 1.29 is 0 Å². The van der Waals surface area contributed by atoms with Crippen molar-refractivity contribution >= 4 is 5.96 Å². The van der Waals surface area contributed by atoms with E-state index in [1.807, 2.05) is 0 Å². The fourth-order valence-electron chi connectivity index (χ4n) is 3.56. The fourth-order valence-corrected chi connectivity index (χ4v) is 3.56. The summed E-state index contributed by atoms with van der Waals surface area (Å²) in [6.45, 7) is 0.930. The van der Waals surface area contributed by atoms with Gasteiger partial charge in [-0.2, -0.15) is 0 Å². The molecular weight excluding hydrogens is 198 g/mol. The standard InChI is InChI=1S/C13H23N3/c14-13(16-12-3-4-12)15-6-5-11-8-9-1-2-10(11)7-9/h9-12H,1-8H2,(H3,14,15,16). The first-order chi connectivity index (χ1) is 7.81. The normalized spacial score (nSPS) is 38.0. The summed E-state index contributed by atoms with van der Waals surface area (Å²) in [5.41, 5.74) is 5.81. The first-order valence-electron chi connectivity index (χ1n) is 6.87. The molecule has 3 unspecified atom stereocenters. The van der Waals surface area contributed by atoms with Gasteiger partial charge in [-0.05, 0) is 56.3 Å². The molecule has 0 saturated heterocycles. The minimum Gasteiger partial charge on any atom is -0.370 e. The highest BCUT2D eigenvalue weighted by Crippen LogP contribution is 2.49. The Bertz CT molecular complexity index is 283. The lowest BCUT2D eigenvalue weighted by molar-refractivity contribution is 0.318. The zero-order chi connectivity index (χ0) is 11.0. The molecular formula is C13H23N3. The molecule has 0 aliphatic heterocycles. The van der Waals surface area contributed by atoms with Crippen molar-refractivity contribution in [1.29, 1.82) is 0 Å². The van der Waals surface area contributed by atoms with E-state index in [4.69, 9.17) is 5.73 Å². The van der Waals surface area contributed by atoms with Crippen LogP contribution in [0.15, 0.2) is 4.99 Å². The predicted molar refractivity (Wildman–Crippen MR) is 66.2 cm³/mol. The smallest absolute Gasteiger partial charge is 0.188 e. The van der Waals surface area contributed by atoms with Gasteiger partial charge in [-0.3, -0.25) is 4.99 Å². The van der Waals surface area contributed by atoms with Crippen molar-refractivity contribution in [3.8, 4) is 0 Å². The second-order valence-corrected chi connectivity index (χ2v) is 5.91. The number of hydrogen-bond acceptors (Lipinski definition) is 1. The van der Waals surface area contributed by atoms with Crippen LogP contribution in [0.25, 0.3) is 0 Å². The fraction of sp³-hybridized carbons (Fsp3) is 0.923. The van der Waals surface area contributed by atoms with Gasteiger partial charge in [-0.25, -0.2) is 0 Å². The summed E-state index contributed by atoms with van der Waals surface area (Å²) in [6.07, 6.45) is 9.74. The summed E-state index contributed by atoms with van der Waals surface area (Å²) in [4.78, 5) is 4.43. The third kappa shape index (κ3) is 2.33. The van der Waals surface area contributed by atoms with Crippen molar-refractivity contribution in [2.24, 2.45) is 28.5 Å². The molecule has 3 aliphatic rings. The number of hydrogen-bond donors (Lipinski definition) is 2. The van der Waals surface area contributed by atoms with E-state index in [1.54, 1.807) is 0 Å². The molecule has 3 aliphatic carbocycles. The Morgan fingerprint density at radius 3 is 2.69 bits per heavy atom. The molecule has 0 aromatic rings. The minimum atomic E-state index is 0.631. The monoisotopic (exact) mass is 221 g/mol. The molecule has 3 fully saturated rings. The molecule has 3 heteroatoms. The summed E-state index contributed by atoms with van der Waals surface area (Å²) in [6, 6.07) is 0.631. The van der Waals surface area contributed by atoms with Gasteiger partial charge in [-0.15, -0.1) is 0 Å². The van der Waals surface area contributed by atoms with E-state index >= 15 is 0 Å². The maximum absolute atomic E-state index is 5.81. The van der Waals surface area contributed by atoms with Crippen molar-refractivity contribution in [1.82, 2.24) is 5.32 Å². The Kier molecular flexibility index (Phi) is 2.78. The van der Waals surface area contributed by atoms with Crippen LogP contribution >= 0.6 is 0 Å². The van der Waals surface area contributed by atoms with Gasteiger partial charge in [-0.1, -0.05) is 6.42 Å². The summed E-state index contributed by atoms with van der Waals surface area (Å²) >= 11 is 0. The molecule has 0 radical (unpaired) electrons. The number of nitrogens with two attached hydrogens (primary N) is 1. The predicted octanol–water partition coefficient (Wildman–Crippen LogP) is 1.88. The number of rotatable bonds is 4. The lowest BCUT2D eigenvalue weighted by atomic mass is 9.86. The first-order valence-corrected chi connectivity index (χ1v) is 6.87. The molecule has 90 valence electrons. The van der Waals surface area contributed by atoms with E-state index in [2.05, 4.69) is 10.3 Å². The third-order valence-corrected chi connectivity index (χ3v) is 4.60. The second kappa shape index (κ2) is 4.27. The minimum absolute atomic E-state index is 0.631. The lowest BCUT2D eigenvalue weighted by Crippen LogP contribution is -2.33. The largest absolute Gasteiger partial charge is 0.370 e. The Labute approximate surface area is 97.9 Å². The Balaban J connectivity index is 1.39. The van der Waals surface area contributed by atoms with E-state index in [0.29, 0.717) is 12.0 Å². The lowest BCUT2D eigenvalue weighted by Gasteiger charge is -2.20. The zero-order valence-electron chi connectivity index (χ0n) is 9.99. The summed E-state index contributed by atoms with van der Waals surface area (Å²) < 4.78 is 0. The van der Waals surface area contributed by atoms with Crippen LogP contribution in [0.2, 0.25) is 0 Å². The van der Waals surface area contributed by atoms with Crippen molar-refractivity contribution in [2.45, 2.75) is 51.0 Å². The number of aliphatic imine (C=N–C) groups is 1. The second-order valence-electron chi connectivity index (χ2n) is 5.91. The van der Waals surface area contributed by atoms with Gasteiger partial charge in [0.25, 0.3) is 0 Å². The molecule has 0 amide bonds. The third-order valence-electron chi connectivity index (χ3n) is 4.60. The molecule has 0 heterocycles. The topological polar surface area (TPSA) is 50.4 Å². The molecule has 0 aromatic carbocycles. The van der Waals surface area contributed by atoms with Crippen LogP contribution in [0.5, 0.6) is 0 Å². The van der Waals surface area contributed by atoms with E-state index in [9.17, 15) is 0 Å². The highest BCUT2D eigenvalue weighted by molar-refractivity contribution is 5.78. The summed E-state index contributed by atoms with van der Waals surface area (Å²) in [7, 11) is 0. The number of nitrogens with zero attached hydrogens (tertiary/aromatic N) is 1. The number of guanidine groups is 1. The first kappa shape index (κ1) is 10.4. The van der Waals surface area contributed by atoms with Crippen LogP contribution in [-0.2, 0) is 0 Å². The average Bonchev–Trinajstić information content (AvgIpc) is 2.84. The van der Waals surface area contributed by atoms with E-state index in [0.717, 1.165) is 24.3 Å². The summed E-state index contributed by atoms with van der Waals surface area (Å²) in [5, 5.41) is 3.24. The number of nitrogens with one attached hydrogen (secondary N) is 1. The highest BCUT2D eigenvalue weighted by Gasteiger charge is 2.38. The maximum atomic E-state index is 5.81.